The molecule has 0 spiro atoms. The lowest BCUT2D eigenvalue weighted by Gasteiger charge is -2.26. The van der Waals surface area contributed by atoms with Crippen LogP contribution in [0.2, 0.25) is 0 Å². The molecule has 0 aliphatic carbocycles. The Morgan fingerprint density at radius 3 is 2.25 bits per heavy atom. The molecule has 0 fully saturated rings. The first kappa shape index (κ1) is 19.1. The monoisotopic (exact) mass is 307 g/mol. The standard InChI is InChI=1S/C13H25NO5S/c1-4-8-13(3,5-2)11(15)6-7-12(16)14-9-10-20(17,18)19/h4-10H2,1-3H3,(H,14,16)(H,17,18,19). The van der Waals surface area contributed by atoms with Crippen molar-refractivity contribution in [3.05, 3.63) is 0 Å². The molecule has 0 bridgehead atoms. The summed E-state index contributed by atoms with van der Waals surface area (Å²) < 4.78 is 29.5. The minimum Gasteiger partial charge on any atom is -0.355 e. The molecule has 0 aliphatic rings. The molecule has 118 valence electrons. The van der Waals surface area contributed by atoms with Crippen molar-refractivity contribution >= 4 is 21.8 Å². The molecule has 0 aromatic heterocycles. The van der Waals surface area contributed by atoms with Gasteiger partial charge < -0.3 is 5.32 Å². The van der Waals surface area contributed by atoms with Gasteiger partial charge in [0.15, 0.2) is 0 Å². The summed E-state index contributed by atoms with van der Waals surface area (Å²) in [4.78, 5) is 23.6. The molecule has 0 rings (SSSR count). The van der Waals surface area contributed by atoms with Crippen molar-refractivity contribution in [1.82, 2.24) is 5.32 Å². The summed E-state index contributed by atoms with van der Waals surface area (Å²) >= 11 is 0. The second-order valence-corrected chi connectivity index (χ2v) is 6.80. The molecular formula is C13H25NO5S. The van der Waals surface area contributed by atoms with Crippen LogP contribution in [0.15, 0.2) is 0 Å². The number of carbonyl (C=O) groups excluding carboxylic acids is 2. The molecule has 0 aliphatic heterocycles. The van der Waals surface area contributed by atoms with Gasteiger partial charge in [0.25, 0.3) is 10.1 Å². The summed E-state index contributed by atoms with van der Waals surface area (Å²) in [5.74, 6) is -0.835. The van der Waals surface area contributed by atoms with Gasteiger partial charge in [-0.1, -0.05) is 27.2 Å². The van der Waals surface area contributed by atoms with Gasteiger partial charge in [-0.05, 0) is 12.8 Å². The van der Waals surface area contributed by atoms with Gasteiger partial charge >= 0.3 is 0 Å². The first-order valence-corrected chi connectivity index (χ1v) is 8.50. The van der Waals surface area contributed by atoms with E-state index in [0.717, 1.165) is 19.3 Å². The highest BCUT2D eigenvalue weighted by atomic mass is 32.2. The number of ketones is 1. The first-order chi connectivity index (χ1) is 9.14. The van der Waals surface area contributed by atoms with Crippen molar-refractivity contribution in [2.45, 2.75) is 52.9 Å². The number of Topliss-reactive ketones (excluding diaryl/α,β-unsaturated/α-hetero) is 1. The highest BCUT2D eigenvalue weighted by molar-refractivity contribution is 7.85. The van der Waals surface area contributed by atoms with Crippen LogP contribution in [0, 0.1) is 5.41 Å². The predicted molar refractivity (Wildman–Crippen MR) is 77.0 cm³/mol. The third-order valence-corrected chi connectivity index (χ3v) is 4.24. The number of carbonyl (C=O) groups is 2. The molecule has 1 amide bonds. The van der Waals surface area contributed by atoms with E-state index in [9.17, 15) is 18.0 Å². The second kappa shape index (κ2) is 8.36. The fraction of sp³-hybridized carbons (Fsp3) is 0.846. The number of amides is 1. The molecule has 0 aromatic carbocycles. The number of nitrogens with one attached hydrogen (secondary N) is 1. The predicted octanol–water partition coefficient (Wildman–Crippen LogP) is 1.56. The summed E-state index contributed by atoms with van der Waals surface area (Å²) in [5, 5.41) is 2.37. The number of hydrogen-bond acceptors (Lipinski definition) is 4. The maximum atomic E-state index is 12.1. The van der Waals surface area contributed by atoms with Crippen LogP contribution in [0.25, 0.3) is 0 Å². The summed E-state index contributed by atoms with van der Waals surface area (Å²) in [7, 11) is -4.07. The normalized spacial score (nSPS) is 14.6. The fourth-order valence-corrected chi connectivity index (χ4v) is 2.36. The maximum absolute atomic E-state index is 12.1. The summed E-state index contributed by atoms with van der Waals surface area (Å²) in [6.45, 7) is 5.74. The third-order valence-electron chi connectivity index (χ3n) is 3.52. The highest BCUT2D eigenvalue weighted by Crippen LogP contribution is 2.30. The molecule has 20 heavy (non-hydrogen) atoms. The topological polar surface area (TPSA) is 101 Å². The zero-order chi connectivity index (χ0) is 15.8. The van der Waals surface area contributed by atoms with E-state index in [1.165, 1.54) is 0 Å². The van der Waals surface area contributed by atoms with Crippen LogP contribution < -0.4 is 5.32 Å². The number of hydrogen-bond donors (Lipinski definition) is 2. The average molecular weight is 307 g/mol. The Labute approximate surface area is 121 Å². The smallest absolute Gasteiger partial charge is 0.266 e. The Kier molecular flexibility index (Phi) is 7.96. The van der Waals surface area contributed by atoms with Gasteiger partial charge in [0.05, 0.1) is 5.75 Å². The summed E-state index contributed by atoms with van der Waals surface area (Å²) in [6, 6.07) is 0. The van der Waals surface area contributed by atoms with Crippen LogP contribution >= 0.6 is 0 Å². The van der Waals surface area contributed by atoms with E-state index in [1.807, 2.05) is 20.8 Å². The molecule has 1 atom stereocenters. The molecule has 1 unspecified atom stereocenters. The fourth-order valence-electron chi connectivity index (χ4n) is 2.00. The van der Waals surface area contributed by atoms with Gasteiger partial charge in [-0.2, -0.15) is 8.42 Å². The molecular weight excluding hydrogens is 282 g/mol. The zero-order valence-corrected chi connectivity index (χ0v) is 13.3. The van der Waals surface area contributed by atoms with Crippen molar-refractivity contribution in [3.63, 3.8) is 0 Å². The molecule has 6 nitrogen and oxygen atoms in total. The Balaban J connectivity index is 4.14. The van der Waals surface area contributed by atoms with Gasteiger partial charge in [0.2, 0.25) is 5.91 Å². The second-order valence-electron chi connectivity index (χ2n) is 5.22. The van der Waals surface area contributed by atoms with Gasteiger partial charge in [-0.3, -0.25) is 14.1 Å². The lowest BCUT2D eigenvalue weighted by atomic mass is 9.77. The lowest BCUT2D eigenvalue weighted by molar-refractivity contribution is -0.131. The average Bonchev–Trinajstić information content (AvgIpc) is 2.34. The molecule has 7 heteroatoms. The van der Waals surface area contributed by atoms with Crippen LogP contribution in [0.5, 0.6) is 0 Å². The molecule has 0 aromatic rings. The zero-order valence-electron chi connectivity index (χ0n) is 12.4. The van der Waals surface area contributed by atoms with Crippen LogP contribution in [0.1, 0.15) is 52.9 Å². The van der Waals surface area contributed by atoms with E-state index in [0.29, 0.717) is 0 Å². The van der Waals surface area contributed by atoms with E-state index in [-0.39, 0.29) is 36.5 Å². The Morgan fingerprint density at radius 1 is 1.20 bits per heavy atom. The molecule has 0 saturated carbocycles. The Hall–Kier alpha value is -0.950. The van der Waals surface area contributed by atoms with Crippen molar-refractivity contribution < 1.29 is 22.6 Å². The molecule has 0 radical (unpaired) electrons. The first-order valence-electron chi connectivity index (χ1n) is 6.89. The van der Waals surface area contributed by atoms with Gasteiger partial charge in [-0.15, -0.1) is 0 Å². The third kappa shape index (κ3) is 7.59. The van der Waals surface area contributed by atoms with E-state index >= 15 is 0 Å². The van der Waals surface area contributed by atoms with Gasteiger partial charge in [0.1, 0.15) is 5.78 Å². The Bertz CT molecular complexity index is 432. The molecule has 2 N–H and O–H groups in total. The Morgan fingerprint density at radius 2 is 1.80 bits per heavy atom. The van der Waals surface area contributed by atoms with Crippen molar-refractivity contribution in [1.29, 1.82) is 0 Å². The van der Waals surface area contributed by atoms with E-state index in [1.54, 1.807) is 0 Å². The van der Waals surface area contributed by atoms with Gasteiger partial charge in [-0.25, -0.2) is 0 Å². The van der Waals surface area contributed by atoms with Crippen LogP contribution in [0.4, 0.5) is 0 Å². The summed E-state index contributed by atoms with van der Waals surface area (Å²) in [6.07, 6.45) is 2.65. The molecule has 0 heterocycles. The van der Waals surface area contributed by atoms with Crippen molar-refractivity contribution in [3.8, 4) is 0 Å². The SMILES string of the molecule is CCCC(C)(CC)C(=O)CCC(=O)NCCS(=O)(=O)O. The largest absolute Gasteiger partial charge is 0.355 e. The highest BCUT2D eigenvalue weighted by Gasteiger charge is 2.29. The van der Waals surface area contributed by atoms with Crippen molar-refractivity contribution in [2.75, 3.05) is 12.3 Å². The minimum absolute atomic E-state index is 0.0453. The van der Waals surface area contributed by atoms with Crippen LogP contribution in [0.3, 0.4) is 0 Å². The van der Waals surface area contributed by atoms with Gasteiger partial charge in [0, 0.05) is 24.8 Å². The van der Waals surface area contributed by atoms with Crippen LogP contribution in [-0.2, 0) is 19.7 Å². The van der Waals surface area contributed by atoms with Crippen molar-refractivity contribution in [2.24, 2.45) is 5.41 Å². The summed E-state index contributed by atoms with van der Waals surface area (Å²) in [5.41, 5.74) is -0.385. The van der Waals surface area contributed by atoms with E-state index < -0.39 is 15.9 Å². The quantitative estimate of drug-likeness (QED) is 0.596. The lowest BCUT2D eigenvalue weighted by Crippen LogP contribution is -2.31. The minimum atomic E-state index is -4.07. The van der Waals surface area contributed by atoms with E-state index in [2.05, 4.69) is 5.32 Å². The number of rotatable bonds is 10. The maximum Gasteiger partial charge on any atom is 0.266 e. The van der Waals surface area contributed by atoms with E-state index in [4.69, 9.17) is 4.55 Å². The van der Waals surface area contributed by atoms with Crippen LogP contribution in [-0.4, -0.2) is 37.0 Å². The molecule has 0 saturated heterocycles.